The van der Waals surface area contributed by atoms with Crippen LogP contribution < -0.4 is 0 Å². The molecule has 0 bridgehead atoms. The van der Waals surface area contributed by atoms with Gasteiger partial charge in [0.15, 0.2) is 0 Å². The number of aromatic nitrogens is 4. The second-order valence-electron chi connectivity index (χ2n) is 1.17. The Morgan fingerprint density at radius 3 is 1.80 bits per heavy atom. The highest BCUT2D eigenvalue weighted by Gasteiger charge is 1.61. The third kappa shape index (κ3) is 2.88. The second kappa shape index (κ2) is 4.57. The van der Waals surface area contributed by atoms with Gasteiger partial charge in [0.25, 0.3) is 0 Å². The summed E-state index contributed by atoms with van der Waals surface area (Å²) in [6, 6.07) is 0. The van der Waals surface area contributed by atoms with Crippen LogP contribution in [-0.2, 0) is 0 Å². The van der Waals surface area contributed by atoms with Crippen LogP contribution in [0.1, 0.15) is 0 Å². The maximum Gasteiger partial charge on any atom is 0.203 e. The summed E-state index contributed by atoms with van der Waals surface area (Å²) < 4.78 is 11.7. The normalized spacial score (nSPS) is 8.00. The lowest BCUT2D eigenvalue weighted by Gasteiger charge is -1.44. The van der Waals surface area contributed by atoms with Crippen molar-refractivity contribution in [2.24, 2.45) is 0 Å². The quantitative estimate of drug-likeness (QED) is 0.559. The van der Waals surface area contributed by atoms with Gasteiger partial charge in [0, 0.05) is 0 Å². The van der Waals surface area contributed by atoms with Crippen molar-refractivity contribution in [3.8, 4) is 0 Å². The molecule has 10 heavy (non-hydrogen) atoms. The van der Waals surface area contributed by atoms with Crippen molar-refractivity contribution in [1.82, 2.24) is 18.9 Å². The average Bonchev–Trinajstić information content (AvgIpc) is 2.67. The SMILES string of the molecule is c1cnsn1.c1nnco1. The monoisotopic (exact) mass is 156 g/mol. The molecule has 0 unspecified atom stereocenters. The van der Waals surface area contributed by atoms with E-state index in [4.69, 9.17) is 0 Å². The zero-order chi connectivity index (χ0) is 7.07. The lowest BCUT2D eigenvalue weighted by Crippen LogP contribution is -1.53. The molecule has 2 rings (SSSR count). The molecule has 2 heterocycles. The third-order valence-corrected chi connectivity index (χ3v) is 0.997. The zero-order valence-electron chi connectivity index (χ0n) is 4.91. The lowest BCUT2D eigenvalue weighted by molar-refractivity contribution is 0.553. The molecular formula is C4H4N4OS. The molecule has 0 aliphatic carbocycles. The number of hydrogen-bond donors (Lipinski definition) is 0. The Labute approximate surface area is 61.1 Å². The largest absolute Gasteiger partial charge is 0.431 e. The first-order valence-electron chi connectivity index (χ1n) is 2.40. The van der Waals surface area contributed by atoms with Gasteiger partial charge in [0.2, 0.25) is 12.8 Å². The van der Waals surface area contributed by atoms with Crippen LogP contribution >= 0.6 is 11.7 Å². The molecule has 0 radical (unpaired) electrons. The molecule has 0 aliphatic rings. The predicted molar refractivity (Wildman–Crippen MR) is 34.2 cm³/mol. The van der Waals surface area contributed by atoms with Gasteiger partial charge in [-0.15, -0.1) is 10.2 Å². The molecular weight excluding hydrogens is 152 g/mol. The molecule has 0 saturated carbocycles. The fourth-order valence-corrected chi connectivity index (χ4v) is 0.544. The number of nitrogens with zero attached hydrogens (tertiary/aromatic N) is 4. The molecule has 52 valence electrons. The van der Waals surface area contributed by atoms with Crippen molar-refractivity contribution in [3.63, 3.8) is 0 Å². The summed E-state index contributed by atoms with van der Waals surface area (Å²) >= 11 is 1.21. The molecule has 0 atom stereocenters. The van der Waals surface area contributed by atoms with E-state index in [1.807, 2.05) is 0 Å². The average molecular weight is 156 g/mol. The summed E-state index contributed by atoms with van der Waals surface area (Å²) in [6.07, 6.45) is 5.84. The van der Waals surface area contributed by atoms with E-state index < -0.39 is 0 Å². The molecule has 0 saturated heterocycles. The Balaban J connectivity index is 0.0000001000. The molecule has 0 spiro atoms. The first-order valence-corrected chi connectivity index (χ1v) is 3.13. The van der Waals surface area contributed by atoms with Gasteiger partial charge in [-0.1, -0.05) is 0 Å². The van der Waals surface area contributed by atoms with E-state index in [-0.39, 0.29) is 0 Å². The predicted octanol–water partition coefficient (Wildman–Crippen LogP) is 0.608. The highest BCUT2D eigenvalue weighted by atomic mass is 32.1. The first-order chi connectivity index (χ1) is 5.00. The fourth-order valence-electron chi connectivity index (χ4n) is 0.272. The van der Waals surface area contributed by atoms with E-state index in [0.29, 0.717) is 0 Å². The Morgan fingerprint density at radius 2 is 1.60 bits per heavy atom. The molecule has 0 fully saturated rings. The van der Waals surface area contributed by atoms with Crippen molar-refractivity contribution < 1.29 is 4.42 Å². The van der Waals surface area contributed by atoms with E-state index in [9.17, 15) is 0 Å². The van der Waals surface area contributed by atoms with Crippen LogP contribution in [0.2, 0.25) is 0 Å². The van der Waals surface area contributed by atoms with Crippen LogP contribution in [0.15, 0.2) is 29.6 Å². The highest BCUT2D eigenvalue weighted by Crippen LogP contribution is 1.74. The molecule has 0 amide bonds. The van der Waals surface area contributed by atoms with Crippen LogP contribution in [0.3, 0.4) is 0 Å². The Morgan fingerprint density at radius 1 is 1.00 bits per heavy atom. The minimum Gasteiger partial charge on any atom is -0.431 e. The van der Waals surface area contributed by atoms with Gasteiger partial charge in [-0.3, -0.25) is 0 Å². The number of rotatable bonds is 0. The molecule has 2 aromatic heterocycles. The van der Waals surface area contributed by atoms with Crippen molar-refractivity contribution in [3.05, 3.63) is 25.2 Å². The van der Waals surface area contributed by atoms with Gasteiger partial charge < -0.3 is 4.42 Å². The zero-order valence-corrected chi connectivity index (χ0v) is 5.73. The van der Waals surface area contributed by atoms with E-state index >= 15 is 0 Å². The second-order valence-corrected chi connectivity index (χ2v) is 1.75. The smallest absolute Gasteiger partial charge is 0.203 e. The minimum atomic E-state index is 1.21. The van der Waals surface area contributed by atoms with E-state index in [2.05, 4.69) is 23.4 Å². The summed E-state index contributed by atoms with van der Waals surface area (Å²) in [5, 5.41) is 6.61. The topological polar surface area (TPSA) is 64.7 Å². The molecule has 6 heteroatoms. The van der Waals surface area contributed by atoms with Crippen LogP contribution in [0.5, 0.6) is 0 Å². The molecule has 0 aliphatic heterocycles. The van der Waals surface area contributed by atoms with E-state index in [1.54, 1.807) is 12.4 Å². The summed E-state index contributed by atoms with van der Waals surface area (Å²) in [7, 11) is 0. The van der Waals surface area contributed by atoms with Crippen LogP contribution in [-0.4, -0.2) is 18.9 Å². The molecule has 2 aromatic rings. The van der Waals surface area contributed by atoms with E-state index in [0.717, 1.165) is 0 Å². The molecule has 5 nitrogen and oxygen atoms in total. The Bertz CT molecular complexity index is 156. The van der Waals surface area contributed by atoms with Crippen LogP contribution in [0.4, 0.5) is 0 Å². The van der Waals surface area contributed by atoms with Gasteiger partial charge in [-0.25, -0.2) is 0 Å². The number of hydrogen-bond acceptors (Lipinski definition) is 6. The summed E-state index contributed by atoms with van der Waals surface area (Å²) in [5.41, 5.74) is 0. The first kappa shape index (κ1) is 6.81. The van der Waals surface area contributed by atoms with Crippen molar-refractivity contribution in [2.75, 3.05) is 0 Å². The van der Waals surface area contributed by atoms with Crippen LogP contribution in [0.25, 0.3) is 0 Å². The van der Waals surface area contributed by atoms with Gasteiger partial charge >= 0.3 is 0 Å². The maximum absolute atomic E-state index is 4.36. The van der Waals surface area contributed by atoms with Crippen molar-refractivity contribution >= 4 is 11.7 Å². The summed E-state index contributed by atoms with van der Waals surface area (Å²) in [5.74, 6) is 0. The summed E-state index contributed by atoms with van der Waals surface area (Å²) in [6.45, 7) is 0. The third-order valence-electron chi connectivity index (χ3n) is 0.565. The Kier molecular flexibility index (Phi) is 3.11. The minimum absolute atomic E-state index is 1.21. The molecule has 0 aromatic carbocycles. The van der Waals surface area contributed by atoms with E-state index in [1.165, 1.54) is 24.5 Å². The molecule has 0 N–H and O–H groups in total. The van der Waals surface area contributed by atoms with Crippen LogP contribution in [0, 0.1) is 0 Å². The highest BCUT2D eigenvalue weighted by molar-refractivity contribution is 6.98. The standard InChI is InChI=1S/C2H2N2O.C2H2N2S/c1-3-4-2-5-1;1-2-4-5-3-1/h2*1-2H. The Hall–Kier alpha value is -1.30. The van der Waals surface area contributed by atoms with Gasteiger partial charge in [0.1, 0.15) is 0 Å². The van der Waals surface area contributed by atoms with Crippen molar-refractivity contribution in [1.29, 1.82) is 0 Å². The van der Waals surface area contributed by atoms with Gasteiger partial charge in [-0.05, 0) is 0 Å². The lowest BCUT2D eigenvalue weighted by atomic mass is 11.0. The maximum atomic E-state index is 4.36. The van der Waals surface area contributed by atoms with Gasteiger partial charge in [0.05, 0.1) is 24.1 Å². The fraction of sp³-hybridized carbons (Fsp3) is 0. The van der Waals surface area contributed by atoms with Gasteiger partial charge in [-0.2, -0.15) is 8.75 Å². The summed E-state index contributed by atoms with van der Waals surface area (Å²) in [4.78, 5) is 0. The van der Waals surface area contributed by atoms with Crippen molar-refractivity contribution in [2.45, 2.75) is 0 Å².